The Labute approximate surface area is 149 Å². The van der Waals surface area contributed by atoms with Gasteiger partial charge in [-0.15, -0.1) is 0 Å². The Morgan fingerprint density at radius 1 is 1.08 bits per heavy atom. The van der Waals surface area contributed by atoms with Gasteiger partial charge in [-0.25, -0.2) is 14.1 Å². The number of hydrogen-bond acceptors (Lipinski definition) is 5. The summed E-state index contributed by atoms with van der Waals surface area (Å²) < 4.78 is 23.1. The molecule has 1 atom stereocenters. The number of carbonyl (C=O) groups excluding carboxylic acids is 3. The van der Waals surface area contributed by atoms with E-state index in [0.29, 0.717) is 0 Å². The second-order valence-electron chi connectivity index (χ2n) is 5.71. The first kappa shape index (κ1) is 17.8. The first-order valence-electron chi connectivity index (χ1n) is 7.97. The summed E-state index contributed by atoms with van der Waals surface area (Å²) in [6.45, 7) is -0.678. The molecule has 1 aliphatic rings. The molecule has 1 saturated heterocycles. The van der Waals surface area contributed by atoms with Crippen LogP contribution in [0.4, 0.5) is 9.18 Å². The van der Waals surface area contributed by atoms with E-state index in [2.05, 4.69) is 0 Å². The third-order valence-corrected chi connectivity index (χ3v) is 3.91. The zero-order valence-corrected chi connectivity index (χ0v) is 13.8. The molecule has 2 aromatic rings. The number of benzene rings is 2. The number of cyclic esters (lactones) is 1. The molecule has 2 aromatic carbocycles. The number of ketones is 1. The minimum atomic E-state index is -0.739. The van der Waals surface area contributed by atoms with Gasteiger partial charge in [0.1, 0.15) is 25.1 Å². The highest BCUT2D eigenvalue weighted by atomic mass is 19.1. The molecule has 1 heterocycles. The summed E-state index contributed by atoms with van der Waals surface area (Å²) in [5.74, 6) is -1.41. The van der Waals surface area contributed by atoms with Gasteiger partial charge in [0.2, 0.25) is 0 Å². The highest BCUT2D eigenvalue weighted by Crippen LogP contribution is 2.25. The molecule has 134 valence electrons. The van der Waals surface area contributed by atoms with Crippen molar-refractivity contribution in [3.63, 3.8) is 0 Å². The number of hydrogen-bond donors (Lipinski definition) is 0. The molecule has 0 saturated carbocycles. The number of halogens is 1. The van der Waals surface area contributed by atoms with Crippen molar-refractivity contribution in [2.24, 2.45) is 0 Å². The van der Waals surface area contributed by atoms with E-state index in [1.54, 1.807) is 0 Å². The second-order valence-corrected chi connectivity index (χ2v) is 5.71. The summed E-state index contributed by atoms with van der Waals surface area (Å²) in [7, 11) is 0. The average Bonchev–Trinajstić information content (AvgIpc) is 3.05. The largest absolute Gasteiger partial charge is 0.439 e. The van der Waals surface area contributed by atoms with Crippen molar-refractivity contribution in [1.29, 1.82) is 0 Å². The Bertz CT molecular complexity index is 806. The van der Waals surface area contributed by atoms with E-state index in [-0.39, 0.29) is 24.5 Å². The molecule has 1 aliphatic heterocycles. The van der Waals surface area contributed by atoms with E-state index >= 15 is 0 Å². The van der Waals surface area contributed by atoms with Crippen LogP contribution in [0.2, 0.25) is 0 Å². The normalized spacial score (nSPS) is 16.4. The van der Waals surface area contributed by atoms with Crippen molar-refractivity contribution in [2.75, 3.05) is 19.8 Å². The summed E-state index contributed by atoms with van der Waals surface area (Å²) in [6.07, 6.45) is -1.26. The summed E-state index contributed by atoms with van der Waals surface area (Å²) in [6, 6.07) is 14.1. The van der Waals surface area contributed by atoms with Crippen LogP contribution < -0.4 is 0 Å². The molecule has 1 fully saturated rings. The van der Waals surface area contributed by atoms with Crippen molar-refractivity contribution in [3.8, 4) is 0 Å². The standard InChI is InChI=1S/C19H16FNO5/c20-15-8-6-13(7-9-15)16(22)11-25-12-18(23)21-10-17(26-19(21)24)14-4-2-1-3-5-14/h1-9,17H,10-12H2/t17-/m1/s1. The molecule has 7 heteroatoms. The summed E-state index contributed by atoms with van der Waals surface area (Å²) in [4.78, 5) is 36.9. The minimum Gasteiger partial charge on any atom is -0.439 e. The molecule has 26 heavy (non-hydrogen) atoms. The molecule has 3 rings (SSSR count). The maximum absolute atomic E-state index is 12.8. The maximum atomic E-state index is 12.8. The Kier molecular flexibility index (Phi) is 5.38. The summed E-state index contributed by atoms with van der Waals surface area (Å²) in [5, 5.41) is 0. The average molecular weight is 357 g/mol. The zero-order chi connectivity index (χ0) is 18.5. The smallest absolute Gasteiger partial charge is 0.417 e. The van der Waals surface area contributed by atoms with Gasteiger partial charge in [0.15, 0.2) is 5.78 Å². The lowest BCUT2D eigenvalue weighted by Crippen LogP contribution is -2.35. The number of imide groups is 1. The highest BCUT2D eigenvalue weighted by molar-refractivity contribution is 5.97. The summed E-state index contributed by atoms with van der Waals surface area (Å²) >= 11 is 0. The van der Waals surface area contributed by atoms with Crippen molar-refractivity contribution in [1.82, 2.24) is 4.90 Å². The van der Waals surface area contributed by atoms with E-state index in [4.69, 9.17) is 9.47 Å². The van der Waals surface area contributed by atoms with Gasteiger partial charge in [0.05, 0.1) is 6.54 Å². The van der Waals surface area contributed by atoms with Crippen LogP contribution >= 0.6 is 0 Å². The molecular weight excluding hydrogens is 341 g/mol. The van der Waals surface area contributed by atoms with E-state index < -0.39 is 30.5 Å². The number of Topliss-reactive ketones (excluding diaryl/α,β-unsaturated/α-hetero) is 1. The molecule has 0 aliphatic carbocycles. The fraction of sp³-hybridized carbons (Fsp3) is 0.211. The van der Waals surface area contributed by atoms with Gasteiger partial charge in [-0.1, -0.05) is 30.3 Å². The lowest BCUT2D eigenvalue weighted by molar-refractivity contribution is -0.132. The van der Waals surface area contributed by atoms with Gasteiger partial charge in [-0.2, -0.15) is 0 Å². The highest BCUT2D eigenvalue weighted by Gasteiger charge is 2.36. The van der Waals surface area contributed by atoms with Crippen molar-refractivity contribution in [2.45, 2.75) is 6.10 Å². The van der Waals surface area contributed by atoms with Gasteiger partial charge in [-0.3, -0.25) is 9.59 Å². The summed E-state index contributed by atoms with van der Waals surface area (Å²) in [5.41, 5.74) is 1.08. The van der Waals surface area contributed by atoms with Gasteiger partial charge in [0, 0.05) is 5.56 Å². The van der Waals surface area contributed by atoms with Crippen LogP contribution in [0.5, 0.6) is 0 Å². The van der Waals surface area contributed by atoms with Crippen LogP contribution in [0.3, 0.4) is 0 Å². The number of ether oxygens (including phenoxy) is 2. The molecule has 0 spiro atoms. The maximum Gasteiger partial charge on any atom is 0.417 e. The van der Waals surface area contributed by atoms with Crippen molar-refractivity contribution in [3.05, 3.63) is 71.5 Å². The van der Waals surface area contributed by atoms with Gasteiger partial charge in [-0.05, 0) is 29.8 Å². The molecule has 0 unspecified atom stereocenters. The topological polar surface area (TPSA) is 72.9 Å². The second kappa shape index (κ2) is 7.88. The third kappa shape index (κ3) is 4.12. The molecule has 0 aromatic heterocycles. The molecule has 6 nitrogen and oxygen atoms in total. The van der Waals surface area contributed by atoms with Crippen molar-refractivity contribution < 1.29 is 28.2 Å². The molecule has 0 N–H and O–H groups in total. The van der Waals surface area contributed by atoms with Crippen LogP contribution in [0.1, 0.15) is 22.0 Å². The molecular formula is C19H16FNO5. The van der Waals surface area contributed by atoms with E-state index in [1.165, 1.54) is 24.3 Å². The lowest BCUT2D eigenvalue weighted by Gasteiger charge is -2.11. The molecule has 2 amide bonds. The third-order valence-electron chi connectivity index (χ3n) is 3.91. The number of carbonyl (C=O) groups is 3. The fourth-order valence-electron chi connectivity index (χ4n) is 2.54. The van der Waals surface area contributed by atoms with Crippen LogP contribution in [0.15, 0.2) is 54.6 Å². The van der Waals surface area contributed by atoms with Gasteiger partial charge >= 0.3 is 6.09 Å². The Morgan fingerprint density at radius 3 is 2.46 bits per heavy atom. The van der Waals surface area contributed by atoms with Crippen LogP contribution in [-0.2, 0) is 14.3 Å². The van der Waals surface area contributed by atoms with Crippen molar-refractivity contribution >= 4 is 17.8 Å². The monoisotopic (exact) mass is 357 g/mol. The number of rotatable bonds is 6. The van der Waals surface area contributed by atoms with E-state index in [9.17, 15) is 18.8 Å². The first-order chi connectivity index (χ1) is 12.5. The first-order valence-corrected chi connectivity index (χ1v) is 7.97. The number of amides is 2. The SMILES string of the molecule is O=C(COCC(=O)N1C[C@H](c2ccccc2)OC1=O)c1ccc(F)cc1. The van der Waals surface area contributed by atoms with E-state index in [1.807, 2.05) is 30.3 Å². The van der Waals surface area contributed by atoms with Gasteiger partial charge < -0.3 is 9.47 Å². The quantitative estimate of drug-likeness (QED) is 0.744. The predicted molar refractivity (Wildman–Crippen MR) is 88.9 cm³/mol. The molecule has 0 radical (unpaired) electrons. The van der Waals surface area contributed by atoms with Crippen LogP contribution in [-0.4, -0.2) is 42.4 Å². The fourth-order valence-corrected chi connectivity index (χ4v) is 2.54. The Morgan fingerprint density at radius 2 is 1.77 bits per heavy atom. The minimum absolute atomic E-state index is 0.0942. The molecule has 0 bridgehead atoms. The Hall–Kier alpha value is -3.06. The lowest BCUT2D eigenvalue weighted by atomic mass is 10.1. The predicted octanol–water partition coefficient (Wildman–Crippen LogP) is 2.75. The Balaban J connectivity index is 1.50. The number of nitrogens with zero attached hydrogens (tertiary/aromatic N) is 1. The van der Waals surface area contributed by atoms with Crippen LogP contribution in [0.25, 0.3) is 0 Å². The zero-order valence-electron chi connectivity index (χ0n) is 13.8. The van der Waals surface area contributed by atoms with E-state index in [0.717, 1.165) is 10.5 Å². The van der Waals surface area contributed by atoms with Crippen LogP contribution in [0, 0.1) is 5.82 Å². The van der Waals surface area contributed by atoms with Gasteiger partial charge in [0.25, 0.3) is 5.91 Å².